The Labute approximate surface area is 154 Å². The Morgan fingerprint density at radius 3 is 2.12 bits per heavy atom. The van der Waals surface area contributed by atoms with Crippen molar-refractivity contribution >= 4 is 28.9 Å². The number of halogens is 1. The van der Waals surface area contributed by atoms with E-state index >= 15 is 0 Å². The molecule has 2 aromatic carbocycles. The Morgan fingerprint density at radius 1 is 1.08 bits per heavy atom. The van der Waals surface area contributed by atoms with Crippen LogP contribution in [0.15, 0.2) is 24.3 Å². The second-order valence-electron chi connectivity index (χ2n) is 5.24. The number of nitro benzene ring substituents is 1. The molecule has 0 aromatic heterocycles. The second kappa shape index (κ2) is 7.92. The van der Waals surface area contributed by atoms with Gasteiger partial charge in [0.25, 0.3) is 11.6 Å². The van der Waals surface area contributed by atoms with E-state index in [-0.39, 0.29) is 16.3 Å². The maximum Gasteiger partial charge on any atom is 0.288 e. The summed E-state index contributed by atoms with van der Waals surface area (Å²) in [4.78, 5) is 22.9. The fourth-order valence-electron chi connectivity index (χ4n) is 2.35. The van der Waals surface area contributed by atoms with Gasteiger partial charge >= 0.3 is 0 Å². The molecular weight excluding hydrogens is 364 g/mol. The van der Waals surface area contributed by atoms with E-state index in [0.717, 1.165) is 0 Å². The molecule has 1 N–H and O–H groups in total. The van der Waals surface area contributed by atoms with Crippen molar-refractivity contribution in [3.63, 3.8) is 0 Å². The summed E-state index contributed by atoms with van der Waals surface area (Å²) >= 11 is 5.91. The SMILES string of the molecule is COc1cc(C(=O)Nc2cc(Cl)c([N+](=O)[O-])cc2C)cc(OC)c1OC. The summed E-state index contributed by atoms with van der Waals surface area (Å²) in [5.74, 6) is 0.560. The highest BCUT2D eigenvalue weighted by Gasteiger charge is 2.19. The van der Waals surface area contributed by atoms with Crippen LogP contribution in [0.3, 0.4) is 0 Å². The van der Waals surface area contributed by atoms with Crippen LogP contribution in [0.25, 0.3) is 0 Å². The topological polar surface area (TPSA) is 99.9 Å². The minimum Gasteiger partial charge on any atom is -0.493 e. The minimum atomic E-state index is -0.583. The maximum atomic E-state index is 12.6. The smallest absolute Gasteiger partial charge is 0.288 e. The number of methoxy groups -OCH3 is 3. The molecule has 0 fully saturated rings. The molecule has 0 aliphatic carbocycles. The van der Waals surface area contributed by atoms with Crippen LogP contribution in [0.4, 0.5) is 11.4 Å². The molecule has 8 nitrogen and oxygen atoms in total. The van der Waals surface area contributed by atoms with Crippen molar-refractivity contribution < 1.29 is 23.9 Å². The van der Waals surface area contributed by atoms with E-state index in [9.17, 15) is 14.9 Å². The van der Waals surface area contributed by atoms with Gasteiger partial charge in [0.15, 0.2) is 11.5 Å². The average molecular weight is 381 g/mol. The highest BCUT2D eigenvalue weighted by atomic mass is 35.5. The zero-order chi connectivity index (χ0) is 19.4. The molecule has 0 atom stereocenters. The molecule has 0 heterocycles. The van der Waals surface area contributed by atoms with E-state index in [0.29, 0.717) is 28.5 Å². The third-order valence-electron chi connectivity index (χ3n) is 3.67. The first-order chi connectivity index (χ1) is 12.3. The Hall–Kier alpha value is -3.00. The zero-order valence-electron chi connectivity index (χ0n) is 14.6. The van der Waals surface area contributed by atoms with Crippen molar-refractivity contribution in [1.29, 1.82) is 0 Å². The Bertz CT molecular complexity index is 844. The summed E-state index contributed by atoms with van der Waals surface area (Å²) in [5.41, 5.74) is 0.893. The van der Waals surface area contributed by atoms with Crippen LogP contribution in [-0.4, -0.2) is 32.2 Å². The number of hydrogen-bond donors (Lipinski definition) is 1. The summed E-state index contributed by atoms with van der Waals surface area (Å²) in [6.45, 7) is 1.63. The van der Waals surface area contributed by atoms with Crippen molar-refractivity contribution in [2.45, 2.75) is 6.92 Å². The average Bonchev–Trinajstić information content (AvgIpc) is 2.62. The molecule has 9 heteroatoms. The van der Waals surface area contributed by atoms with Crippen molar-refractivity contribution in [2.24, 2.45) is 0 Å². The first kappa shape index (κ1) is 19.3. The first-order valence-corrected chi connectivity index (χ1v) is 7.76. The van der Waals surface area contributed by atoms with Gasteiger partial charge in [0, 0.05) is 17.3 Å². The van der Waals surface area contributed by atoms with Crippen LogP contribution >= 0.6 is 11.6 Å². The molecule has 0 saturated heterocycles. The zero-order valence-corrected chi connectivity index (χ0v) is 15.3. The van der Waals surface area contributed by atoms with Crippen LogP contribution in [0.1, 0.15) is 15.9 Å². The number of ether oxygens (including phenoxy) is 3. The lowest BCUT2D eigenvalue weighted by atomic mass is 10.1. The normalized spacial score (nSPS) is 10.2. The van der Waals surface area contributed by atoms with Crippen LogP contribution < -0.4 is 19.5 Å². The van der Waals surface area contributed by atoms with Gasteiger partial charge < -0.3 is 19.5 Å². The summed E-state index contributed by atoms with van der Waals surface area (Å²) < 4.78 is 15.7. The van der Waals surface area contributed by atoms with E-state index in [2.05, 4.69) is 5.32 Å². The molecule has 26 heavy (non-hydrogen) atoms. The number of rotatable bonds is 6. The van der Waals surface area contributed by atoms with Gasteiger partial charge in [-0.05, 0) is 30.7 Å². The predicted molar refractivity (Wildman–Crippen MR) is 96.9 cm³/mol. The first-order valence-electron chi connectivity index (χ1n) is 7.38. The van der Waals surface area contributed by atoms with Gasteiger partial charge in [0.1, 0.15) is 5.02 Å². The summed E-state index contributed by atoms with van der Waals surface area (Å²) in [5, 5.41) is 13.5. The van der Waals surface area contributed by atoms with E-state index in [4.69, 9.17) is 25.8 Å². The Kier molecular flexibility index (Phi) is 5.89. The maximum absolute atomic E-state index is 12.6. The van der Waals surface area contributed by atoms with Gasteiger partial charge in [-0.3, -0.25) is 14.9 Å². The molecule has 0 aliphatic heterocycles. The second-order valence-corrected chi connectivity index (χ2v) is 5.65. The van der Waals surface area contributed by atoms with Gasteiger partial charge in [-0.2, -0.15) is 0 Å². The molecule has 0 bridgehead atoms. The fraction of sp³-hybridized carbons (Fsp3) is 0.235. The lowest BCUT2D eigenvalue weighted by Crippen LogP contribution is -2.13. The fourth-order valence-corrected chi connectivity index (χ4v) is 2.58. The quantitative estimate of drug-likeness (QED) is 0.603. The van der Waals surface area contributed by atoms with Gasteiger partial charge in [-0.15, -0.1) is 0 Å². The molecule has 0 radical (unpaired) electrons. The number of anilines is 1. The van der Waals surface area contributed by atoms with Crippen molar-refractivity contribution in [3.8, 4) is 17.2 Å². The highest BCUT2D eigenvalue weighted by molar-refractivity contribution is 6.33. The van der Waals surface area contributed by atoms with E-state index in [1.165, 1.54) is 45.6 Å². The number of aryl methyl sites for hydroxylation is 1. The largest absolute Gasteiger partial charge is 0.493 e. The number of nitrogens with one attached hydrogen (secondary N) is 1. The minimum absolute atomic E-state index is 0.0687. The lowest BCUT2D eigenvalue weighted by Gasteiger charge is -2.14. The molecule has 2 aromatic rings. The van der Waals surface area contributed by atoms with E-state index < -0.39 is 10.8 Å². The van der Waals surface area contributed by atoms with Crippen molar-refractivity contribution in [1.82, 2.24) is 0 Å². The van der Waals surface area contributed by atoms with Crippen molar-refractivity contribution in [3.05, 3.63) is 50.5 Å². The molecule has 0 spiro atoms. The molecule has 0 aliphatic rings. The lowest BCUT2D eigenvalue weighted by molar-refractivity contribution is -0.384. The monoisotopic (exact) mass is 380 g/mol. The van der Waals surface area contributed by atoms with Gasteiger partial charge in [-0.1, -0.05) is 11.6 Å². The van der Waals surface area contributed by atoms with E-state index in [1.54, 1.807) is 6.92 Å². The number of amides is 1. The Balaban J connectivity index is 2.39. The van der Waals surface area contributed by atoms with Crippen LogP contribution in [0.5, 0.6) is 17.2 Å². The molecule has 1 amide bonds. The summed E-state index contributed by atoms with van der Waals surface area (Å²) in [7, 11) is 4.35. The molecule has 0 unspecified atom stereocenters. The van der Waals surface area contributed by atoms with Gasteiger partial charge in [0.2, 0.25) is 5.75 Å². The van der Waals surface area contributed by atoms with Gasteiger partial charge in [-0.25, -0.2) is 0 Å². The summed E-state index contributed by atoms with van der Waals surface area (Å²) in [6, 6.07) is 5.63. The number of benzene rings is 2. The molecular formula is C17H17ClN2O6. The number of carbonyl (C=O) groups is 1. The van der Waals surface area contributed by atoms with Gasteiger partial charge in [0.05, 0.1) is 26.3 Å². The number of hydrogen-bond acceptors (Lipinski definition) is 6. The standard InChI is InChI=1S/C17H17ClN2O6/c1-9-5-13(20(22)23)11(18)8-12(9)19-17(21)10-6-14(24-2)16(26-4)15(7-10)25-3/h5-8H,1-4H3,(H,19,21). The number of nitro groups is 1. The van der Waals surface area contributed by atoms with Crippen LogP contribution in [-0.2, 0) is 0 Å². The summed E-state index contributed by atoms with van der Waals surface area (Å²) in [6.07, 6.45) is 0. The van der Waals surface area contributed by atoms with Crippen LogP contribution in [0.2, 0.25) is 5.02 Å². The highest BCUT2D eigenvalue weighted by Crippen LogP contribution is 2.38. The number of carbonyl (C=O) groups excluding carboxylic acids is 1. The number of nitrogens with zero attached hydrogens (tertiary/aromatic N) is 1. The predicted octanol–water partition coefficient (Wildman–Crippen LogP) is 3.83. The van der Waals surface area contributed by atoms with Crippen LogP contribution in [0, 0.1) is 17.0 Å². The molecule has 138 valence electrons. The molecule has 0 saturated carbocycles. The third-order valence-corrected chi connectivity index (χ3v) is 3.97. The van der Waals surface area contributed by atoms with Crippen molar-refractivity contribution in [2.75, 3.05) is 26.6 Å². The van der Waals surface area contributed by atoms with E-state index in [1.807, 2.05) is 0 Å². The molecule has 2 rings (SSSR count). The third kappa shape index (κ3) is 3.80. The Morgan fingerprint density at radius 2 is 1.65 bits per heavy atom.